The number of amides is 1. The molecule has 1 aromatic carbocycles. The summed E-state index contributed by atoms with van der Waals surface area (Å²) in [6, 6.07) is 10.8. The topological polar surface area (TPSA) is 36.4 Å². The van der Waals surface area contributed by atoms with Gasteiger partial charge < -0.3 is 9.80 Å². The molecule has 1 aromatic heterocycles. The van der Waals surface area contributed by atoms with E-state index < -0.39 is 0 Å². The van der Waals surface area contributed by atoms with Gasteiger partial charge in [0.15, 0.2) is 0 Å². The zero-order valence-corrected chi connectivity index (χ0v) is 17.0. The average Bonchev–Trinajstić information content (AvgIpc) is 3.29. The van der Waals surface area contributed by atoms with Crippen LogP contribution in [0.25, 0.3) is 0 Å². The van der Waals surface area contributed by atoms with E-state index in [0.717, 1.165) is 43.0 Å². The molecule has 2 aliphatic rings. The summed E-state index contributed by atoms with van der Waals surface area (Å²) in [6.45, 7) is 7.27. The van der Waals surface area contributed by atoms with Crippen molar-refractivity contribution in [1.29, 1.82) is 0 Å². The molecule has 27 heavy (non-hydrogen) atoms. The molecule has 2 saturated heterocycles. The van der Waals surface area contributed by atoms with Gasteiger partial charge in [-0.2, -0.15) is 0 Å². The number of benzene rings is 1. The van der Waals surface area contributed by atoms with E-state index in [4.69, 9.17) is 0 Å². The van der Waals surface area contributed by atoms with E-state index in [9.17, 15) is 4.79 Å². The molecule has 5 heteroatoms. The third-order valence-electron chi connectivity index (χ3n) is 6.19. The van der Waals surface area contributed by atoms with Crippen LogP contribution in [-0.2, 0) is 6.42 Å². The lowest BCUT2D eigenvalue weighted by Crippen LogP contribution is -2.45. The zero-order valence-electron chi connectivity index (χ0n) is 16.2. The van der Waals surface area contributed by atoms with Crippen LogP contribution in [0.4, 0.5) is 0 Å². The number of aromatic nitrogens is 1. The maximum atomic E-state index is 12.8. The summed E-state index contributed by atoms with van der Waals surface area (Å²) in [4.78, 5) is 22.6. The predicted octanol–water partition coefficient (Wildman–Crippen LogP) is 4.01. The molecule has 1 spiro atoms. The van der Waals surface area contributed by atoms with Gasteiger partial charge in [-0.05, 0) is 57.7 Å². The van der Waals surface area contributed by atoms with Crippen molar-refractivity contribution in [2.45, 2.75) is 39.0 Å². The molecular weight excluding hydrogens is 354 g/mol. The Morgan fingerprint density at radius 1 is 1.19 bits per heavy atom. The molecule has 2 aromatic rings. The molecule has 1 amide bonds. The minimum atomic E-state index is 0.188. The highest BCUT2D eigenvalue weighted by Crippen LogP contribution is 2.39. The third-order valence-corrected chi connectivity index (χ3v) is 7.10. The first-order valence-corrected chi connectivity index (χ1v) is 11.0. The molecule has 3 heterocycles. The van der Waals surface area contributed by atoms with Gasteiger partial charge in [0.25, 0.3) is 5.91 Å². The number of thiazole rings is 1. The third kappa shape index (κ3) is 4.25. The van der Waals surface area contributed by atoms with Gasteiger partial charge in [-0.15, -0.1) is 11.3 Å². The van der Waals surface area contributed by atoms with Crippen LogP contribution in [0.1, 0.15) is 46.6 Å². The molecule has 2 aliphatic heterocycles. The summed E-state index contributed by atoms with van der Waals surface area (Å²) in [6.07, 6.45) is 6.02. The van der Waals surface area contributed by atoms with Crippen molar-refractivity contribution < 1.29 is 4.79 Å². The zero-order chi connectivity index (χ0) is 18.7. The lowest BCUT2D eigenvalue weighted by Gasteiger charge is -2.40. The predicted molar refractivity (Wildman–Crippen MR) is 110 cm³/mol. The fourth-order valence-corrected chi connectivity index (χ4v) is 5.51. The Balaban J connectivity index is 1.31. The van der Waals surface area contributed by atoms with E-state index in [1.54, 1.807) is 5.51 Å². The van der Waals surface area contributed by atoms with Crippen molar-refractivity contribution in [2.75, 3.05) is 32.7 Å². The van der Waals surface area contributed by atoms with Gasteiger partial charge in [-0.3, -0.25) is 4.79 Å². The second kappa shape index (κ2) is 8.11. The van der Waals surface area contributed by atoms with Gasteiger partial charge in [0.05, 0.1) is 11.2 Å². The van der Waals surface area contributed by atoms with Gasteiger partial charge >= 0.3 is 0 Å². The molecule has 0 radical (unpaired) electrons. The molecule has 4 nitrogen and oxygen atoms in total. The summed E-state index contributed by atoms with van der Waals surface area (Å²) in [5, 5.41) is 0. The molecular formula is C22H29N3OS. The standard InChI is InChI=1S/C22H29N3OS/c1-18-20(27-17-23-18)21(26)25-14-11-22(16-25)10-6-13-24(15-22)12-5-9-19-7-3-2-4-8-19/h2-4,7-8,17H,5-6,9-16H2,1H3. The summed E-state index contributed by atoms with van der Waals surface area (Å²) in [7, 11) is 0. The summed E-state index contributed by atoms with van der Waals surface area (Å²) >= 11 is 1.48. The Morgan fingerprint density at radius 2 is 2.04 bits per heavy atom. The number of carbonyl (C=O) groups excluding carboxylic acids is 1. The molecule has 1 atom stereocenters. The number of piperidine rings is 1. The van der Waals surface area contributed by atoms with Crippen LogP contribution in [0.2, 0.25) is 0 Å². The minimum absolute atomic E-state index is 0.188. The second-order valence-electron chi connectivity index (χ2n) is 8.21. The Morgan fingerprint density at radius 3 is 2.81 bits per heavy atom. The summed E-state index contributed by atoms with van der Waals surface area (Å²) in [5.41, 5.74) is 4.39. The Labute approximate surface area is 166 Å². The van der Waals surface area contributed by atoms with Crippen LogP contribution in [0.5, 0.6) is 0 Å². The Bertz CT molecular complexity index is 775. The largest absolute Gasteiger partial charge is 0.337 e. The molecule has 0 N–H and O–H groups in total. The van der Waals surface area contributed by atoms with E-state index in [1.165, 1.54) is 49.3 Å². The molecule has 0 aliphatic carbocycles. The van der Waals surface area contributed by atoms with Crippen molar-refractivity contribution in [1.82, 2.24) is 14.8 Å². The molecule has 0 bridgehead atoms. The number of likely N-dealkylation sites (tertiary alicyclic amines) is 2. The van der Waals surface area contributed by atoms with E-state index in [1.807, 2.05) is 6.92 Å². The van der Waals surface area contributed by atoms with Gasteiger partial charge in [-0.25, -0.2) is 4.98 Å². The normalized spacial score (nSPS) is 23.2. The van der Waals surface area contributed by atoms with Crippen LogP contribution in [0.15, 0.2) is 35.8 Å². The van der Waals surface area contributed by atoms with Crippen molar-refractivity contribution >= 4 is 17.2 Å². The van der Waals surface area contributed by atoms with Gasteiger partial charge in [-0.1, -0.05) is 30.3 Å². The van der Waals surface area contributed by atoms with E-state index in [0.29, 0.717) is 5.41 Å². The lowest BCUT2D eigenvalue weighted by atomic mass is 9.79. The first-order chi connectivity index (χ1) is 13.2. The number of carbonyl (C=O) groups is 1. The maximum absolute atomic E-state index is 12.8. The second-order valence-corrected chi connectivity index (χ2v) is 9.07. The average molecular weight is 384 g/mol. The van der Waals surface area contributed by atoms with Crippen molar-refractivity contribution in [2.24, 2.45) is 5.41 Å². The summed E-state index contributed by atoms with van der Waals surface area (Å²) < 4.78 is 0. The lowest BCUT2D eigenvalue weighted by molar-refractivity contribution is 0.0691. The van der Waals surface area contributed by atoms with E-state index >= 15 is 0 Å². The molecule has 1 unspecified atom stereocenters. The quantitative estimate of drug-likeness (QED) is 0.783. The smallest absolute Gasteiger partial charge is 0.265 e. The number of nitrogens with zero attached hydrogens (tertiary/aromatic N) is 3. The minimum Gasteiger partial charge on any atom is -0.337 e. The number of rotatable bonds is 5. The maximum Gasteiger partial charge on any atom is 0.265 e. The fourth-order valence-electron chi connectivity index (χ4n) is 4.74. The SMILES string of the molecule is Cc1ncsc1C(=O)N1CCC2(CCCN(CCCc3ccccc3)C2)C1. The monoisotopic (exact) mass is 383 g/mol. The highest BCUT2D eigenvalue weighted by molar-refractivity contribution is 7.11. The van der Waals surface area contributed by atoms with Gasteiger partial charge in [0, 0.05) is 25.0 Å². The number of aryl methyl sites for hydroxylation is 2. The van der Waals surface area contributed by atoms with Gasteiger partial charge in [0.1, 0.15) is 4.88 Å². The van der Waals surface area contributed by atoms with Crippen LogP contribution < -0.4 is 0 Å². The number of hydrogen-bond acceptors (Lipinski definition) is 4. The highest BCUT2D eigenvalue weighted by Gasteiger charge is 2.43. The molecule has 0 saturated carbocycles. The first-order valence-electron chi connectivity index (χ1n) is 10.1. The van der Waals surface area contributed by atoms with Crippen LogP contribution in [0.3, 0.4) is 0 Å². The highest BCUT2D eigenvalue weighted by atomic mass is 32.1. The number of hydrogen-bond donors (Lipinski definition) is 0. The van der Waals surface area contributed by atoms with E-state index in [2.05, 4.69) is 45.1 Å². The molecule has 144 valence electrons. The molecule has 4 rings (SSSR count). The van der Waals surface area contributed by atoms with E-state index in [-0.39, 0.29) is 5.91 Å². The van der Waals surface area contributed by atoms with Crippen LogP contribution in [-0.4, -0.2) is 53.4 Å². The fraction of sp³-hybridized carbons (Fsp3) is 0.545. The van der Waals surface area contributed by atoms with Gasteiger partial charge in [0.2, 0.25) is 0 Å². The van der Waals surface area contributed by atoms with Crippen LogP contribution in [0, 0.1) is 12.3 Å². The van der Waals surface area contributed by atoms with Crippen molar-refractivity contribution in [3.8, 4) is 0 Å². The van der Waals surface area contributed by atoms with Crippen molar-refractivity contribution in [3.63, 3.8) is 0 Å². The Kier molecular flexibility index (Phi) is 5.60. The van der Waals surface area contributed by atoms with Crippen LogP contribution >= 0.6 is 11.3 Å². The molecule has 2 fully saturated rings. The van der Waals surface area contributed by atoms with Crippen molar-refractivity contribution in [3.05, 3.63) is 52.0 Å². The Hall–Kier alpha value is -1.72. The first kappa shape index (κ1) is 18.6. The summed E-state index contributed by atoms with van der Waals surface area (Å²) in [5.74, 6) is 0.188.